The minimum atomic E-state index is 0.0725. The van der Waals surface area contributed by atoms with Crippen molar-refractivity contribution in [3.63, 3.8) is 0 Å². The maximum atomic E-state index is 9.39. The molecule has 3 nitrogen and oxygen atoms in total. The van der Waals surface area contributed by atoms with Gasteiger partial charge in [0.1, 0.15) is 5.75 Å². The maximum absolute atomic E-state index is 9.39. The molecule has 0 aliphatic carbocycles. The lowest BCUT2D eigenvalue weighted by Gasteiger charge is -2.08. The van der Waals surface area contributed by atoms with Crippen molar-refractivity contribution in [3.8, 4) is 5.75 Å². The van der Waals surface area contributed by atoms with Gasteiger partial charge in [0.05, 0.1) is 28.8 Å². The second-order valence-electron chi connectivity index (χ2n) is 5.60. The molecule has 1 aromatic carbocycles. The summed E-state index contributed by atoms with van der Waals surface area (Å²) in [7, 11) is 0. The highest BCUT2D eigenvalue weighted by Gasteiger charge is 2.13. The van der Waals surface area contributed by atoms with E-state index in [4.69, 9.17) is 4.74 Å². The van der Waals surface area contributed by atoms with Crippen LogP contribution in [0.2, 0.25) is 0 Å². The van der Waals surface area contributed by atoms with Crippen molar-refractivity contribution in [1.82, 2.24) is 4.98 Å². The molecule has 2 aromatic rings. The third-order valence-corrected chi connectivity index (χ3v) is 4.48. The Morgan fingerprint density at radius 2 is 2.05 bits per heavy atom. The molecule has 0 unspecified atom stereocenters. The van der Waals surface area contributed by atoms with Crippen LogP contribution < -0.4 is 4.74 Å². The molecule has 0 saturated carbocycles. The summed E-state index contributed by atoms with van der Waals surface area (Å²) >= 11 is 1.59. The van der Waals surface area contributed by atoms with Crippen molar-refractivity contribution in [1.29, 1.82) is 0 Å². The fourth-order valence-corrected chi connectivity index (χ4v) is 3.36. The predicted molar refractivity (Wildman–Crippen MR) is 87.2 cm³/mol. The summed E-state index contributed by atoms with van der Waals surface area (Å²) in [6, 6.07) is 6.21. The highest BCUT2D eigenvalue weighted by molar-refractivity contribution is 7.11. The van der Waals surface area contributed by atoms with Crippen molar-refractivity contribution in [2.24, 2.45) is 0 Å². The van der Waals surface area contributed by atoms with Crippen LogP contribution in [-0.4, -0.2) is 16.7 Å². The van der Waals surface area contributed by atoms with Gasteiger partial charge in [-0.05, 0) is 31.4 Å². The van der Waals surface area contributed by atoms with Gasteiger partial charge in [0.2, 0.25) is 0 Å². The number of rotatable bonds is 6. The molecule has 0 atom stereocenters. The number of benzene rings is 1. The molecule has 2 rings (SSSR count). The van der Waals surface area contributed by atoms with Crippen LogP contribution in [-0.2, 0) is 13.0 Å². The van der Waals surface area contributed by atoms with Crippen molar-refractivity contribution in [2.75, 3.05) is 6.61 Å². The zero-order chi connectivity index (χ0) is 15.4. The third kappa shape index (κ3) is 4.05. The molecule has 0 aliphatic heterocycles. The molecular formula is C17H23NO2S. The highest BCUT2D eigenvalue weighted by atomic mass is 32.1. The van der Waals surface area contributed by atoms with Gasteiger partial charge in [0.15, 0.2) is 0 Å². The third-order valence-electron chi connectivity index (χ3n) is 3.37. The summed E-state index contributed by atoms with van der Waals surface area (Å²) in [4.78, 5) is 5.61. The van der Waals surface area contributed by atoms with Gasteiger partial charge in [-0.2, -0.15) is 0 Å². The lowest BCUT2D eigenvalue weighted by Crippen LogP contribution is -2.02. The average Bonchev–Trinajstić information content (AvgIpc) is 2.85. The highest BCUT2D eigenvalue weighted by Crippen LogP contribution is 2.26. The normalized spacial score (nSPS) is 11.1. The molecule has 0 fully saturated rings. The van der Waals surface area contributed by atoms with Gasteiger partial charge in [-0.15, -0.1) is 11.3 Å². The standard InChI is InChI=1S/C17H23NO2S/c1-11(2)17-15(10-19)21-16(18-17)7-8-20-14-6-5-12(3)9-13(14)4/h5-6,9,11,19H,7-8,10H2,1-4H3. The largest absolute Gasteiger partial charge is 0.493 e. The van der Waals surface area contributed by atoms with E-state index in [9.17, 15) is 5.11 Å². The number of aromatic nitrogens is 1. The molecule has 0 aliphatic rings. The number of hydrogen-bond acceptors (Lipinski definition) is 4. The fourth-order valence-electron chi connectivity index (χ4n) is 2.29. The van der Waals surface area contributed by atoms with Crippen molar-refractivity contribution in [3.05, 3.63) is 44.9 Å². The van der Waals surface area contributed by atoms with Gasteiger partial charge in [-0.1, -0.05) is 31.5 Å². The van der Waals surface area contributed by atoms with Crippen LogP contribution in [0.1, 0.15) is 46.5 Å². The van der Waals surface area contributed by atoms with Crippen LogP contribution >= 0.6 is 11.3 Å². The molecule has 0 radical (unpaired) electrons. The Balaban J connectivity index is 1.97. The van der Waals surface area contributed by atoms with Gasteiger partial charge in [0, 0.05) is 6.42 Å². The van der Waals surface area contributed by atoms with Crippen LogP contribution in [0.3, 0.4) is 0 Å². The number of aryl methyl sites for hydroxylation is 2. The lowest BCUT2D eigenvalue weighted by atomic mass is 10.1. The van der Waals surface area contributed by atoms with Gasteiger partial charge < -0.3 is 9.84 Å². The quantitative estimate of drug-likeness (QED) is 0.877. The molecule has 1 N–H and O–H groups in total. The van der Waals surface area contributed by atoms with Crippen LogP contribution in [0.25, 0.3) is 0 Å². The van der Waals surface area contributed by atoms with Crippen molar-refractivity contribution < 1.29 is 9.84 Å². The number of aliphatic hydroxyl groups excluding tert-OH is 1. The van der Waals surface area contributed by atoms with E-state index in [1.54, 1.807) is 11.3 Å². The Morgan fingerprint density at radius 1 is 1.29 bits per heavy atom. The number of aliphatic hydroxyl groups is 1. The molecule has 0 saturated heterocycles. The molecule has 21 heavy (non-hydrogen) atoms. The summed E-state index contributed by atoms with van der Waals surface area (Å²) < 4.78 is 5.84. The summed E-state index contributed by atoms with van der Waals surface area (Å²) in [5, 5.41) is 10.4. The van der Waals surface area contributed by atoms with Crippen LogP contribution in [0.5, 0.6) is 5.75 Å². The van der Waals surface area contributed by atoms with E-state index in [1.807, 2.05) is 6.07 Å². The molecule has 1 heterocycles. The van der Waals surface area contributed by atoms with E-state index in [0.717, 1.165) is 33.3 Å². The van der Waals surface area contributed by atoms with Crippen molar-refractivity contribution in [2.45, 2.75) is 46.6 Å². The number of thiazole rings is 1. The molecule has 4 heteroatoms. The Hall–Kier alpha value is -1.39. The maximum Gasteiger partial charge on any atom is 0.122 e. The second-order valence-corrected chi connectivity index (χ2v) is 6.76. The summed E-state index contributed by atoms with van der Waals surface area (Å²) in [6.07, 6.45) is 0.775. The van der Waals surface area contributed by atoms with E-state index < -0.39 is 0 Å². The number of hydrogen-bond donors (Lipinski definition) is 1. The van der Waals surface area contributed by atoms with Crippen LogP contribution in [0.4, 0.5) is 0 Å². The number of nitrogens with zero attached hydrogens (tertiary/aromatic N) is 1. The first-order valence-electron chi connectivity index (χ1n) is 7.30. The predicted octanol–water partition coefficient (Wildman–Crippen LogP) is 4.00. The minimum Gasteiger partial charge on any atom is -0.493 e. The fraction of sp³-hybridized carbons (Fsp3) is 0.471. The van der Waals surface area contributed by atoms with Gasteiger partial charge in [0.25, 0.3) is 0 Å². The zero-order valence-corrected chi connectivity index (χ0v) is 14.0. The van der Waals surface area contributed by atoms with Gasteiger partial charge in [-0.3, -0.25) is 0 Å². The zero-order valence-electron chi connectivity index (χ0n) is 13.1. The molecule has 0 bridgehead atoms. The monoisotopic (exact) mass is 305 g/mol. The van der Waals surface area contributed by atoms with E-state index in [-0.39, 0.29) is 6.61 Å². The molecule has 114 valence electrons. The Morgan fingerprint density at radius 3 is 2.62 bits per heavy atom. The van der Waals surface area contributed by atoms with Gasteiger partial charge in [-0.25, -0.2) is 4.98 Å². The van der Waals surface area contributed by atoms with Gasteiger partial charge >= 0.3 is 0 Å². The SMILES string of the molecule is Cc1ccc(OCCc2nc(C(C)C)c(CO)s2)c(C)c1. The number of ether oxygens (including phenoxy) is 1. The topological polar surface area (TPSA) is 42.4 Å². The van der Waals surface area contributed by atoms with E-state index >= 15 is 0 Å². The molecule has 1 aromatic heterocycles. The summed E-state index contributed by atoms with van der Waals surface area (Å²) in [5.74, 6) is 1.28. The Labute approximate surface area is 130 Å². The molecule has 0 spiro atoms. The van der Waals surface area contributed by atoms with E-state index in [1.165, 1.54) is 5.56 Å². The Kier molecular flexibility index (Phi) is 5.37. The first-order valence-corrected chi connectivity index (χ1v) is 8.12. The smallest absolute Gasteiger partial charge is 0.122 e. The first kappa shape index (κ1) is 16.0. The summed E-state index contributed by atoms with van der Waals surface area (Å²) in [6.45, 7) is 9.03. The van der Waals surface area contributed by atoms with E-state index in [2.05, 4.69) is 44.8 Å². The molecular weight excluding hydrogens is 282 g/mol. The summed E-state index contributed by atoms with van der Waals surface area (Å²) in [5.41, 5.74) is 3.42. The second kappa shape index (κ2) is 7.05. The van der Waals surface area contributed by atoms with Crippen molar-refractivity contribution >= 4 is 11.3 Å². The first-order chi connectivity index (χ1) is 10.0. The Bertz CT molecular complexity index is 605. The van der Waals surface area contributed by atoms with Crippen LogP contribution in [0.15, 0.2) is 18.2 Å². The van der Waals surface area contributed by atoms with Crippen LogP contribution in [0, 0.1) is 13.8 Å². The molecule has 0 amide bonds. The average molecular weight is 305 g/mol. The lowest BCUT2D eigenvalue weighted by molar-refractivity contribution is 0.283. The minimum absolute atomic E-state index is 0.0725. The van der Waals surface area contributed by atoms with E-state index in [0.29, 0.717) is 12.5 Å².